The average Bonchev–Trinajstić information content (AvgIpc) is 1.89. The molecule has 0 spiro atoms. The summed E-state index contributed by atoms with van der Waals surface area (Å²) in [5.41, 5.74) is -1.18. The summed E-state index contributed by atoms with van der Waals surface area (Å²) in [5, 5.41) is 0. The highest BCUT2D eigenvalue weighted by atomic mass is 19.1. The third-order valence-corrected chi connectivity index (χ3v) is 1.90. The van der Waals surface area contributed by atoms with Gasteiger partial charge in [-0.3, -0.25) is 0 Å². The minimum atomic E-state index is -1.18. The molecule has 0 aromatic rings. The van der Waals surface area contributed by atoms with Crippen LogP contribution in [0.25, 0.3) is 0 Å². The van der Waals surface area contributed by atoms with Gasteiger partial charge in [0.2, 0.25) is 0 Å². The molecule has 0 amide bonds. The molecule has 0 saturated carbocycles. The zero-order valence-corrected chi connectivity index (χ0v) is 6.47. The van der Waals surface area contributed by atoms with Gasteiger partial charge in [-0.15, -0.1) is 0 Å². The largest absolute Gasteiger partial charge is 0.234 e. The standard InChI is InChI=1S/C9H13F/c1-8(2)9(10)6-4-3-5-7-9/h4-8H,3H2,1-2H3. The maximum absolute atomic E-state index is 13.5. The van der Waals surface area contributed by atoms with Crippen LogP contribution in [0, 0.1) is 5.92 Å². The normalized spacial score (nSPS) is 22.0. The molecule has 1 aliphatic carbocycles. The molecular formula is C9H13F. The van der Waals surface area contributed by atoms with Crippen LogP contribution in [0.1, 0.15) is 20.3 Å². The lowest BCUT2D eigenvalue weighted by molar-refractivity contribution is 0.218. The Kier molecular flexibility index (Phi) is 1.93. The van der Waals surface area contributed by atoms with Gasteiger partial charge in [0.25, 0.3) is 0 Å². The Bertz CT molecular complexity index is 154. The summed E-state index contributed by atoms with van der Waals surface area (Å²) in [7, 11) is 0. The quantitative estimate of drug-likeness (QED) is 0.491. The van der Waals surface area contributed by atoms with Gasteiger partial charge in [0.05, 0.1) is 0 Å². The second-order valence-corrected chi connectivity index (χ2v) is 3.02. The van der Waals surface area contributed by atoms with Crippen molar-refractivity contribution < 1.29 is 4.39 Å². The van der Waals surface area contributed by atoms with E-state index in [4.69, 9.17) is 0 Å². The zero-order chi connectivity index (χ0) is 7.61. The van der Waals surface area contributed by atoms with Crippen LogP contribution in [0.15, 0.2) is 24.3 Å². The van der Waals surface area contributed by atoms with Crippen LogP contribution in [0.4, 0.5) is 4.39 Å². The molecule has 0 aliphatic heterocycles. The molecule has 1 heteroatoms. The SMILES string of the molecule is CC(C)C1(F)C=CCC=C1. The molecule has 1 rings (SSSR count). The molecule has 0 heterocycles. The van der Waals surface area contributed by atoms with Crippen LogP contribution in [-0.4, -0.2) is 5.67 Å². The highest BCUT2D eigenvalue weighted by Gasteiger charge is 2.27. The number of hydrogen-bond acceptors (Lipinski definition) is 0. The first-order valence-corrected chi connectivity index (χ1v) is 3.69. The first-order valence-electron chi connectivity index (χ1n) is 3.69. The third kappa shape index (κ3) is 1.28. The molecule has 1 aliphatic rings. The van der Waals surface area contributed by atoms with Crippen LogP contribution in [0.5, 0.6) is 0 Å². The number of hydrogen-bond donors (Lipinski definition) is 0. The fourth-order valence-corrected chi connectivity index (χ4v) is 1.02. The molecular weight excluding hydrogens is 127 g/mol. The van der Waals surface area contributed by atoms with E-state index in [9.17, 15) is 4.39 Å². The average molecular weight is 140 g/mol. The third-order valence-electron chi connectivity index (χ3n) is 1.90. The van der Waals surface area contributed by atoms with E-state index in [1.807, 2.05) is 26.0 Å². The molecule has 10 heavy (non-hydrogen) atoms. The maximum atomic E-state index is 13.5. The lowest BCUT2D eigenvalue weighted by Gasteiger charge is -2.23. The van der Waals surface area contributed by atoms with Crippen molar-refractivity contribution in [3.8, 4) is 0 Å². The zero-order valence-electron chi connectivity index (χ0n) is 6.47. The summed E-state index contributed by atoms with van der Waals surface area (Å²) in [4.78, 5) is 0. The minimum Gasteiger partial charge on any atom is -0.234 e. The Morgan fingerprint density at radius 3 is 2.10 bits per heavy atom. The van der Waals surface area contributed by atoms with Crippen molar-refractivity contribution in [3.05, 3.63) is 24.3 Å². The molecule has 0 N–H and O–H groups in total. The lowest BCUT2D eigenvalue weighted by atomic mass is 9.89. The predicted octanol–water partition coefficient (Wildman–Crippen LogP) is 2.87. The Morgan fingerprint density at radius 1 is 1.30 bits per heavy atom. The van der Waals surface area contributed by atoms with Gasteiger partial charge in [-0.05, 0) is 24.5 Å². The highest BCUT2D eigenvalue weighted by Crippen LogP contribution is 2.28. The number of allylic oxidation sites excluding steroid dienone is 4. The summed E-state index contributed by atoms with van der Waals surface area (Å²) in [6.07, 6.45) is 7.92. The van der Waals surface area contributed by atoms with Crippen molar-refractivity contribution in [2.45, 2.75) is 25.9 Å². The Hall–Kier alpha value is -0.590. The van der Waals surface area contributed by atoms with Gasteiger partial charge in [-0.25, -0.2) is 4.39 Å². The molecule has 0 aromatic heterocycles. The Labute approximate surface area is 61.4 Å². The van der Waals surface area contributed by atoms with Crippen molar-refractivity contribution in [3.63, 3.8) is 0 Å². The van der Waals surface area contributed by atoms with Crippen molar-refractivity contribution >= 4 is 0 Å². The lowest BCUT2D eigenvalue weighted by Crippen LogP contribution is -2.25. The van der Waals surface area contributed by atoms with E-state index in [1.165, 1.54) is 0 Å². The number of halogens is 1. The van der Waals surface area contributed by atoms with Crippen LogP contribution in [0.3, 0.4) is 0 Å². The molecule has 0 bridgehead atoms. The Balaban J connectivity index is 2.75. The van der Waals surface area contributed by atoms with Crippen LogP contribution in [0.2, 0.25) is 0 Å². The molecule has 0 unspecified atom stereocenters. The summed E-state index contributed by atoms with van der Waals surface area (Å²) >= 11 is 0. The fraction of sp³-hybridized carbons (Fsp3) is 0.556. The van der Waals surface area contributed by atoms with Gasteiger partial charge in [-0.1, -0.05) is 26.0 Å². The van der Waals surface area contributed by atoms with E-state index in [2.05, 4.69) is 0 Å². The van der Waals surface area contributed by atoms with E-state index < -0.39 is 5.67 Å². The van der Waals surface area contributed by atoms with Gasteiger partial charge in [0, 0.05) is 0 Å². The first kappa shape index (κ1) is 7.52. The monoisotopic (exact) mass is 140 g/mol. The van der Waals surface area contributed by atoms with Gasteiger partial charge < -0.3 is 0 Å². The van der Waals surface area contributed by atoms with Gasteiger partial charge >= 0.3 is 0 Å². The Morgan fingerprint density at radius 2 is 1.80 bits per heavy atom. The first-order chi connectivity index (χ1) is 4.65. The van der Waals surface area contributed by atoms with Crippen LogP contribution in [-0.2, 0) is 0 Å². The minimum absolute atomic E-state index is 0.0419. The fourth-order valence-electron chi connectivity index (χ4n) is 1.02. The van der Waals surface area contributed by atoms with E-state index in [0.29, 0.717) is 0 Å². The topological polar surface area (TPSA) is 0 Å². The predicted molar refractivity (Wildman–Crippen MR) is 41.6 cm³/mol. The van der Waals surface area contributed by atoms with E-state index in [-0.39, 0.29) is 5.92 Å². The molecule has 0 nitrogen and oxygen atoms in total. The van der Waals surface area contributed by atoms with E-state index in [1.54, 1.807) is 12.2 Å². The molecule has 0 saturated heterocycles. The van der Waals surface area contributed by atoms with Crippen molar-refractivity contribution in [2.24, 2.45) is 5.92 Å². The summed E-state index contributed by atoms with van der Waals surface area (Å²) in [5.74, 6) is 0.0419. The second-order valence-electron chi connectivity index (χ2n) is 3.02. The van der Waals surface area contributed by atoms with Crippen molar-refractivity contribution in [2.75, 3.05) is 0 Å². The summed E-state index contributed by atoms with van der Waals surface area (Å²) in [6.45, 7) is 3.78. The maximum Gasteiger partial charge on any atom is 0.149 e. The summed E-state index contributed by atoms with van der Waals surface area (Å²) in [6, 6.07) is 0. The molecule has 0 aromatic carbocycles. The second kappa shape index (κ2) is 2.57. The molecule has 0 radical (unpaired) electrons. The number of rotatable bonds is 1. The van der Waals surface area contributed by atoms with E-state index in [0.717, 1.165) is 6.42 Å². The molecule has 0 atom stereocenters. The van der Waals surface area contributed by atoms with E-state index >= 15 is 0 Å². The number of alkyl halides is 1. The van der Waals surface area contributed by atoms with Crippen molar-refractivity contribution in [1.29, 1.82) is 0 Å². The molecule has 56 valence electrons. The van der Waals surface area contributed by atoms with Gasteiger partial charge in [0.1, 0.15) is 5.67 Å². The van der Waals surface area contributed by atoms with Crippen LogP contribution < -0.4 is 0 Å². The van der Waals surface area contributed by atoms with Crippen molar-refractivity contribution in [1.82, 2.24) is 0 Å². The van der Waals surface area contributed by atoms with Gasteiger partial charge in [0.15, 0.2) is 0 Å². The van der Waals surface area contributed by atoms with Crippen LogP contribution >= 0.6 is 0 Å². The van der Waals surface area contributed by atoms with Gasteiger partial charge in [-0.2, -0.15) is 0 Å². The highest BCUT2D eigenvalue weighted by molar-refractivity contribution is 5.20. The smallest absolute Gasteiger partial charge is 0.149 e. The summed E-state index contributed by atoms with van der Waals surface area (Å²) < 4.78 is 13.5. The molecule has 0 fully saturated rings.